The monoisotopic (exact) mass is 566 g/mol. The van der Waals surface area contributed by atoms with Crippen LogP contribution in [-0.4, -0.2) is 37.7 Å². The van der Waals surface area contributed by atoms with Gasteiger partial charge in [-0.15, -0.1) is 0 Å². The molecule has 0 saturated carbocycles. The minimum Gasteiger partial charge on any atom is -0.507 e. The van der Waals surface area contributed by atoms with E-state index < -0.39 is 5.92 Å². The van der Waals surface area contributed by atoms with Gasteiger partial charge in [-0.05, 0) is 48.6 Å². The van der Waals surface area contributed by atoms with Crippen molar-refractivity contribution in [2.75, 3.05) is 25.9 Å². The van der Waals surface area contributed by atoms with Crippen LogP contribution in [0.1, 0.15) is 49.3 Å². The van der Waals surface area contributed by atoms with Crippen LogP contribution in [0, 0.1) is 17.7 Å². The van der Waals surface area contributed by atoms with Gasteiger partial charge in [0.25, 0.3) is 0 Å². The number of fused-ring (bicyclic) bond motifs is 1. The first-order valence-electron chi connectivity index (χ1n) is 13.9. The summed E-state index contributed by atoms with van der Waals surface area (Å²) in [6.45, 7) is 6.21. The van der Waals surface area contributed by atoms with Crippen molar-refractivity contribution in [2.45, 2.75) is 39.5 Å². The molecular weight excluding hydrogens is 532 g/mol. The van der Waals surface area contributed by atoms with Crippen LogP contribution in [-0.2, 0) is 4.79 Å². The highest BCUT2D eigenvalue weighted by molar-refractivity contribution is 6.20. The van der Waals surface area contributed by atoms with Gasteiger partial charge in [-0.25, -0.2) is 0 Å². The fourth-order valence-electron chi connectivity index (χ4n) is 6.14. The largest absolute Gasteiger partial charge is 0.507 e. The summed E-state index contributed by atoms with van der Waals surface area (Å²) in [5.41, 5.74) is 4.10. The van der Waals surface area contributed by atoms with Gasteiger partial charge < -0.3 is 24.1 Å². The first-order valence-corrected chi connectivity index (χ1v) is 13.9. The number of ether oxygens (including phenoxy) is 4. The van der Waals surface area contributed by atoms with Crippen molar-refractivity contribution in [2.24, 2.45) is 5.41 Å². The predicted molar refractivity (Wildman–Crippen MR) is 161 cm³/mol. The predicted octanol–water partition coefficient (Wildman–Crippen LogP) is 6.93. The molecule has 216 valence electrons. The molecule has 0 unspecified atom stereocenters. The van der Waals surface area contributed by atoms with E-state index in [1.54, 1.807) is 37.3 Å². The normalized spacial score (nSPS) is 20.4. The van der Waals surface area contributed by atoms with Crippen LogP contribution in [0.3, 0.4) is 0 Å². The lowest BCUT2D eigenvalue weighted by molar-refractivity contribution is -0.118. The summed E-state index contributed by atoms with van der Waals surface area (Å²) in [4.78, 5) is 15.9. The average molecular weight is 567 g/mol. The van der Waals surface area contributed by atoms with Gasteiger partial charge in [-0.2, -0.15) is 0 Å². The van der Waals surface area contributed by atoms with Crippen molar-refractivity contribution in [3.63, 3.8) is 0 Å². The van der Waals surface area contributed by atoms with Crippen molar-refractivity contribution < 1.29 is 28.8 Å². The Balaban J connectivity index is 1.69. The number of hydrogen-bond acceptors (Lipinski definition) is 7. The number of carbonyl (C=O) groups is 1. The van der Waals surface area contributed by atoms with Crippen LogP contribution in [0.15, 0.2) is 77.5 Å². The summed E-state index contributed by atoms with van der Waals surface area (Å²) in [5.74, 6) is 1.51. The molecular formula is C34H34N2O6. The third-order valence-electron chi connectivity index (χ3n) is 8.16. The summed E-state index contributed by atoms with van der Waals surface area (Å²) in [6, 6.07) is 18.4. The first kappa shape index (κ1) is 27.4. The Morgan fingerprint density at radius 2 is 1.71 bits per heavy atom. The van der Waals surface area contributed by atoms with E-state index in [2.05, 4.69) is 13.8 Å². The Morgan fingerprint density at radius 1 is 0.976 bits per heavy atom. The molecule has 2 N–H and O–H groups in total. The molecule has 2 heterocycles. The fourth-order valence-corrected chi connectivity index (χ4v) is 6.14. The van der Waals surface area contributed by atoms with Crippen molar-refractivity contribution in [1.29, 1.82) is 5.41 Å². The van der Waals surface area contributed by atoms with Crippen LogP contribution in [0.25, 0.3) is 5.76 Å². The lowest BCUT2D eigenvalue weighted by atomic mass is 9.67. The molecule has 6 rings (SSSR count). The van der Waals surface area contributed by atoms with Crippen LogP contribution >= 0.6 is 0 Å². The maximum absolute atomic E-state index is 14.2. The molecule has 8 heteroatoms. The van der Waals surface area contributed by atoms with Crippen molar-refractivity contribution >= 4 is 23.1 Å². The molecule has 0 fully saturated rings. The topological polar surface area (TPSA) is 101 Å². The van der Waals surface area contributed by atoms with E-state index >= 15 is 0 Å². The van der Waals surface area contributed by atoms with Gasteiger partial charge >= 0.3 is 0 Å². The van der Waals surface area contributed by atoms with Crippen LogP contribution in [0.4, 0.5) is 5.69 Å². The third kappa shape index (κ3) is 4.57. The minimum absolute atomic E-state index is 0.0301. The maximum Gasteiger partial charge on any atom is 0.231 e. The molecule has 1 atom stereocenters. The van der Waals surface area contributed by atoms with Gasteiger partial charge in [0.2, 0.25) is 6.79 Å². The van der Waals surface area contributed by atoms with Crippen LogP contribution in [0.2, 0.25) is 0 Å². The zero-order valence-corrected chi connectivity index (χ0v) is 24.4. The molecule has 0 radical (unpaired) electrons. The second-order valence-corrected chi connectivity index (χ2v) is 11.7. The molecule has 0 saturated heterocycles. The molecule has 1 aliphatic carbocycles. The number of methoxy groups -OCH3 is 2. The standard InChI is InChI=1S/C34H34N2O6/c1-19-6-8-20(9-7-19)32(38)31-29(21-10-12-27-28(14-21)42-18-41-27)30-24(16-34(2,3)17-25(30)37)36(33(31)35)23-15-22(39-4)11-13-26(23)40-5/h6-15,29,35,38H,16-18H2,1-5H3/t29-/m1/s1. The van der Waals surface area contributed by atoms with Gasteiger partial charge in [-0.1, -0.05) is 49.7 Å². The van der Waals surface area contributed by atoms with Crippen LogP contribution < -0.4 is 23.8 Å². The van der Waals surface area contributed by atoms with Crippen molar-refractivity contribution in [1.82, 2.24) is 0 Å². The number of carbonyl (C=O) groups excluding carboxylic acids is 1. The Kier molecular flexibility index (Phi) is 6.72. The number of rotatable bonds is 5. The summed E-state index contributed by atoms with van der Waals surface area (Å²) in [5, 5.41) is 21.7. The van der Waals surface area contributed by atoms with E-state index in [1.165, 1.54) is 0 Å². The number of aliphatic hydroxyl groups excluding tert-OH is 1. The number of allylic oxidation sites excluding steroid dienone is 2. The quantitative estimate of drug-likeness (QED) is 0.323. The Morgan fingerprint density at radius 3 is 2.43 bits per heavy atom. The second kappa shape index (κ2) is 10.3. The van der Waals surface area contributed by atoms with Gasteiger partial charge in [0.1, 0.15) is 23.1 Å². The number of aryl methyl sites for hydroxylation is 1. The van der Waals surface area contributed by atoms with E-state index in [0.29, 0.717) is 63.9 Å². The molecule has 0 amide bonds. The van der Waals surface area contributed by atoms with E-state index in [4.69, 9.17) is 18.9 Å². The van der Waals surface area contributed by atoms with Gasteiger partial charge in [0.15, 0.2) is 17.3 Å². The number of nitrogens with one attached hydrogen (secondary N) is 1. The molecule has 42 heavy (non-hydrogen) atoms. The number of anilines is 1. The van der Waals surface area contributed by atoms with E-state index in [1.807, 2.05) is 49.4 Å². The molecule has 3 aliphatic rings. The number of amidine groups is 1. The summed E-state index contributed by atoms with van der Waals surface area (Å²) < 4.78 is 22.5. The molecule has 2 aliphatic heterocycles. The summed E-state index contributed by atoms with van der Waals surface area (Å²) in [6.07, 6.45) is 0.873. The van der Waals surface area contributed by atoms with E-state index in [-0.39, 0.29) is 29.6 Å². The van der Waals surface area contributed by atoms with Gasteiger partial charge in [0, 0.05) is 40.8 Å². The molecule has 0 aromatic heterocycles. The fraction of sp³-hybridized carbons (Fsp3) is 0.294. The molecule has 0 bridgehead atoms. The molecule has 3 aromatic carbocycles. The lowest BCUT2D eigenvalue weighted by Crippen LogP contribution is -2.45. The third-order valence-corrected chi connectivity index (χ3v) is 8.16. The summed E-state index contributed by atoms with van der Waals surface area (Å²) in [7, 11) is 3.15. The SMILES string of the molecule is COc1ccc(OC)c(N2C(=N)C(=C(O)c3ccc(C)cc3)[C@H](c3ccc4c(c3)OCO4)C3=C2CC(C)(C)CC3=O)c1. The highest BCUT2D eigenvalue weighted by Gasteiger charge is 2.47. The number of ketones is 1. The first-order chi connectivity index (χ1) is 20.1. The Hall–Kier alpha value is -4.72. The van der Waals surface area contributed by atoms with Crippen LogP contribution in [0.5, 0.6) is 23.0 Å². The highest BCUT2D eigenvalue weighted by atomic mass is 16.7. The number of nitrogens with zero attached hydrogens (tertiary/aromatic N) is 1. The molecule has 8 nitrogen and oxygen atoms in total. The summed E-state index contributed by atoms with van der Waals surface area (Å²) >= 11 is 0. The second-order valence-electron chi connectivity index (χ2n) is 11.7. The van der Waals surface area contributed by atoms with E-state index in [0.717, 1.165) is 11.1 Å². The average Bonchev–Trinajstić information content (AvgIpc) is 3.44. The zero-order chi connectivity index (χ0) is 29.8. The smallest absolute Gasteiger partial charge is 0.231 e. The molecule has 3 aromatic rings. The number of Topliss-reactive ketones (excluding diaryl/α,β-unsaturated/α-hetero) is 1. The maximum atomic E-state index is 14.2. The van der Waals surface area contributed by atoms with Crippen molar-refractivity contribution in [3.05, 3.63) is 94.2 Å². The van der Waals surface area contributed by atoms with Gasteiger partial charge in [0.05, 0.1) is 19.9 Å². The zero-order valence-electron chi connectivity index (χ0n) is 24.4. The minimum atomic E-state index is -0.709. The lowest BCUT2D eigenvalue weighted by Gasteiger charge is -2.45. The Bertz CT molecular complexity index is 1670. The molecule has 0 spiro atoms. The number of benzene rings is 3. The Labute approximate surface area is 245 Å². The van der Waals surface area contributed by atoms with E-state index in [9.17, 15) is 15.3 Å². The van der Waals surface area contributed by atoms with Gasteiger partial charge in [-0.3, -0.25) is 15.1 Å². The number of hydrogen-bond donors (Lipinski definition) is 2. The highest BCUT2D eigenvalue weighted by Crippen LogP contribution is 2.53. The number of aliphatic hydroxyl groups is 1. The van der Waals surface area contributed by atoms with Crippen molar-refractivity contribution in [3.8, 4) is 23.0 Å².